The lowest BCUT2D eigenvalue weighted by Crippen LogP contribution is -2.38. The molecular formula is C19H17F3N4O. The molecule has 0 aromatic rings. The van der Waals surface area contributed by atoms with E-state index in [0.29, 0.717) is 31.0 Å². The maximum absolute atomic E-state index is 13.5. The number of ether oxygens (including phenoxy) is 1. The van der Waals surface area contributed by atoms with Crippen LogP contribution in [0.25, 0.3) is 16.7 Å². The summed E-state index contributed by atoms with van der Waals surface area (Å²) >= 11 is 0. The van der Waals surface area contributed by atoms with E-state index in [1.54, 1.807) is 12.1 Å². The van der Waals surface area contributed by atoms with E-state index in [0.717, 1.165) is 35.5 Å². The number of nitrogens with one attached hydrogen (secondary N) is 1. The molecule has 3 aliphatic heterocycles. The van der Waals surface area contributed by atoms with Crippen molar-refractivity contribution in [3.05, 3.63) is 40.4 Å². The topological polar surface area (TPSA) is 49.2 Å². The average molecular weight is 374 g/mol. The van der Waals surface area contributed by atoms with Gasteiger partial charge in [-0.15, -0.1) is 0 Å². The lowest BCUT2D eigenvalue weighted by atomic mass is 10.0. The molecule has 3 heterocycles. The first-order chi connectivity index (χ1) is 13.0. The van der Waals surface area contributed by atoms with Crippen LogP contribution >= 0.6 is 0 Å². The van der Waals surface area contributed by atoms with Gasteiger partial charge in [-0.05, 0) is 30.5 Å². The molecule has 0 saturated carbocycles. The van der Waals surface area contributed by atoms with Crippen molar-refractivity contribution < 1.29 is 17.9 Å². The molecule has 1 fully saturated rings. The van der Waals surface area contributed by atoms with Crippen LogP contribution in [0.1, 0.15) is 18.4 Å². The van der Waals surface area contributed by atoms with Crippen LogP contribution in [0.5, 0.6) is 0 Å². The Labute approximate surface area is 153 Å². The van der Waals surface area contributed by atoms with Crippen molar-refractivity contribution in [2.75, 3.05) is 18.6 Å². The molecule has 0 amide bonds. The highest BCUT2D eigenvalue weighted by Gasteiger charge is 2.35. The van der Waals surface area contributed by atoms with Gasteiger partial charge in [-0.2, -0.15) is 23.4 Å². The summed E-state index contributed by atoms with van der Waals surface area (Å²) in [5.41, 5.74) is 5.00. The lowest BCUT2D eigenvalue weighted by molar-refractivity contribution is -0.0672. The molecule has 27 heavy (non-hydrogen) atoms. The minimum atomic E-state index is -4.46. The predicted octanol–water partition coefficient (Wildman–Crippen LogP) is 2.44. The molecule has 0 aromatic carbocycles. The van der Waals surface area contributed by atoms with E-state index >= 15 is 0 Å². The smallest absolute Gasteiger partial charge is 0.381 e. The molecular weight excluding hydrogens is 357 g/mol. The van der Waals surface area contributed by atoms with Crippen molar-refractivity contribution in [1.82, 2.24) is 5.01 Å². The first-order valence-electron chi connectivity index (χ1n) is 8.90. The number of rotatable bonds is 1. The highest BCUT2D eigenvalue weighted by Crippen LogP contribution is 2.34. The fourth-order valence-corrected chi connectivity index (χ4v) is 4.07. The summed E-state index contributed by atoms with van der Waals surface area (Å²) in [6.07, 6.45) is -1.82. The van der Waals surface area contributed by atoms with E-state index in [-0.39, 0.29) is 11.3 Å². The third-order valence-corrected chi connectivity index (χ3v) is 5.39. The number of fused-ring (bicyclic) bond motifs is 2. The quantitative estimate of drug-likeness (QED) is 0.834. The van der Waals surface area contributed by atoms with Gasteiger partial charge in [0.1, 0.15) is 0 Å². The van der Waals surface area contributed by atoms with E-state index < -0.39 is 11.7 Å². The fraction of sp³-hybridized carbons (Fsp3) is 0.368. The fourth-order valence-electron chi connectivity index (χ4n) is 4.07. The van der Waals surface area contributed by atoms with Gasteiger partial charge < -0.3 is 4.74 Å². The molecule has 5 aliphatic rings. The Bertz CT molecular complexity index is 1020. The van der Waals surface area contributed by atoms with Gasteiger partial charge in [0.15, 0.2) is 0 Å². The molecule has 8 heteroatoms. The van der Waals surface area contributed by atoms with Gasteiger partial charge in [0.2, 0.25) is 0 Å². The van der Waals surface area contributed by atoms with Gasteiger partial charge in [-0.25, -0.2) is 0 Å². The van der Waals surface area contributed by atoms with Crippen molar-refractivity contribution in [1.29, 1.82) is 0 Å². The molecule has 0 unspecified atom stereocenters. The Morgan fingerprint density at radius 3 is 2.70 bits per heavy atom. The van der Waals surface area contributed by atoms with E-state index in [9.17, 15) is 13.2 Å². The van der Waals surface area contributed by atoms with Crippen molar-refractivity contribution >= 4 is 17.5 Å². The zero-order valence-corrected chi connectivity index (χ0v) is 14.4. The second-order valence-electron chi connectivity index (χ2n) is 6.98. The number of hydrazone groups is 1. The molecule has 0 radical (unpaired) electrons. The molecule has 5 rings (SSSR count). The molecule has 140 valence electrons. The number of nitrogens with zero attached hydrogens (tertiary/aromatic N) is 3. The first kappa shape index (κ1) is 16.6. The van der Waals surface area contributed by atoms with Crippen molar-refractivity contribution in [2.45, 2.75) is 31.6 Å². The minimum Gasteiger partial charge on any atom is -0.381 e. The van der Waals surface area contributed by atoms with Gasteiger partial charge in [-0.1, -0.05) is 12.1 Å². The van der Waals surface area contributed by atoms with E-state index in [1.165, 1.54) is 0 Å². The Balaban J connectivity index is 1.69. The Kier molecular flexibility index (Phi) is 3.65. The summed E-state index contributed by atoms with van der Waals surface area (Å²) in [5, 5.41) is 11.5. The summed E-state index contributed by atoms with van der Waals surface area (Å²) < 4.78 is 45.8. The van der Waals surface area contributed by atoms with Gasteiger partial charge >= 0.3 is 6.18 Å². The number of hydrogen-bond donors (Lipinski definition) is 1. The summed E-state index contributed by atoms with van der Waals surface area (Å²) in [6, 6.07) is 7.32. The molecule has 1 saturated heterocycles. The SMILES string of the molecule is FC(F)(F)C1=c2ccc3c4c(ccc-4c2NN=C1)=NN(C1CCOCC1)C3. The van der Waals surface area contributed by atoms with E-state index in [1.807, 2.05) is 12.1 Å². The van der Waals surface area contributed by atoms with Crippen molar-refractivity contribution in [3.63, 3.8) is 0 Å². The predicted molar refractivity (Wildman–Crippen MR) is 94.8 cm³/mol. The summed E-state index contributed by atoms with van der Waals surface area (Å²) in [7, 11) is 0. The van der Waals surface area contributed by atoms with Crippen LogP contribution in [0.15, 0.2) is 34.5 Å². The molecule has 2 aliphatic carbocycles. The largest absolute Gasteiger partial charge is 0.418 e. The molecule has 0 spiro atoms. The molecule has 0 aromatic heterocycles. The number of halogens is 3. The molecule has 0 atom stereocenters. The molecule has 5 nitrogen and oxygen atoms in total. The van der Waals surface area contributed by atoms with Crippen LogP contribution in [-0.2, 0) is 11.3 Å². The number of hydrogen-bond acceptors (Lipinski definition) is 5. The van der Waals surface area contributed by atoms with Crippen molar-refractivity contribution in [3.8, 4) is 11.1 Å². The average Bonchev–Trinajstić information content (AvgIpc) is 3.02. The lowest BCUT2D eigenvalue weighted by Gasteiger charge is -2.34. The van der Waals surface area contributed by atoms with Gasteiger partial charge in [-0.3, -0.25) is 10.4 Å². The summed E-state index contributed by atoms with van der Waals surface area (Å²) in [4.78, 5) is 0. The molecule has 0 bridgehead atoms. The van der Waals surface area contributed by atoms with Gasteiger partial charge in [0.05, 0.1) is 35.4 Å². The standard InChI is InChI=1S/C19H17F3N4O/c20-19(21,22)15-9-23-24-18-13(15)2-1-11-10-26(12-5-7-27-8-6-12)25-16-4-3-14(18)17(11)16/h1-4,9,12,24H,5-8,10H2. The van der Waals surface area contributed by atoms with Crippen LogP contribution in [0.4, 0.5) is 18.9 Å². The normalized spacial score (nSPS) is 19.7. The second kappa shape index (κ2) is 5.95. The monoisotopic (exact) mass is 374 g/mol. The summed E-state index contributed by atoms with van der Waals surface area (Å²) in [6.45, 7) is 2.00. The number of anilines is 1. The van der Waals surface area contributed by atoms with E-state index in [4.69, 9.17) is 9.84 Å². The van der Waals surface area contributed by atoms with Crippen LogP contribution < -0.4 is 16.0 Å². The highest BCUT2D eigenvalue weighted by atomic mass is 19.4. The molecule has 1 N–H and O–H groups in total. The third kappa shape index (κ3) is 2.66. The Morgan fingerprint density at radius 2 is 1.93 bits per heavy atom. The minimum absolute atomic E-state index is 0.116. The van der Waals surface area contributed by atoms with Crippen LogP contribution in [0.3, 0.4) is 0 Å². The van der Waals surface area contributed by atoms with Crippen LogP contribution in [-0.4, -0.2) is 36.7 Å². The third-order valence-electron chi connectivity index (χ3n) is 5.39. The Hall–Kier alpha value is -2.61. The highest BCUT2D eigenvalue weighted by molar-refractivity contribution is 6.07. The number of alkyl halides is 3. The van der Waals surface area contributed by atoms with Crippen molar-refractivity contribution in [2.24, 2.45) is 10.2 Å². The van der Waals surface area contributed by atoms with Gasteiger partial charge in [0, 0.05) is 29.6 Å². The zero-order valence-electron chi connectivity index (χ0n) is 14.4. The second-order valence-corrected chi connectivity index (χ2v) is 6.98. The van der Waals surface area contributed by atoms with Crippen LogP contribution in [0.2, 0.25) is 0 Å². The van der Waals surface area contributed by atoms with Crippen LogP contribution in [0, 0.1) is 0 Å². The Morgan fingerprint density at radius 1 is 1.11 bits per heavy atom. The van der Waals surface area contributed by atoms with E-state index in [2.05, 4.69) is 15.5 Å². The maximum Gasteiger partial charge on any atom is 0.418 e. The van der Waals surface area contributed by atoms with Gasteiger partial charge in [0.25, 0.3) is 0 Å². The summed E-state index contributed by atoms with van der Waals surface area (Å²) in [5.74, 6) is 0. The zero-order chi connectivity index (χ0) is 18.6. The maximum atomic E-state index is 13.5. The first-order valence-corrected chi connectivity index (χ1v) is 8.90.